The molecule has 0 atom stereocenters. The maximum Gasteiger partial charge on any atom is 0.256 e. The van der Waals surface area contributed by atoms with Crippen LogP contribution in [-0.4, -0.2) is 15.0 Å². The van der Waals surface area contributed by atoms with Gasteiger partial charge in [-0.2, -0.15) is 0 Å². The summed E-state index contributed by atoms with van der Waals surface area (Å²) in [6.07, 6.45) is 3.12. The Labute approximate surface area is 113 Å². The van der Waals surface area contributed by atoms with Crippen LogP contribution in [0.2, 0.25) is 0 Å². The summed E-state index contributed by atoms with van der Waals surface area (Å²) in [6.45, 7) is 1.99. The molecule has 0 aliphatic heterocycles. The van der Waals surface area contributed by atoms with E-state index in [2.05, 4.69) is 30.9 Å². The molecule has 0 spiro atoms. The molecule has 0 aliphatic rings. The number of H-pyrrole nitrogens is 1. The second-order valence-corrected chi connectivity index (χ2v) is 4.81. The predicted molar refractivity (Wildman–Crippen MR) is 74.2 cm³/mol. The lowest BCUT2D eigenvalue weighted by Crippen LogP contribution is -2.18. The van der Waals surface area contributed by atoms with Crippen molar-refractivity contribution in [3.05, 3.63) is 38.7 Å². The van der Waals surface area contributed by atoms with Crippen molar-refractivity contribution in [3.63, 3.8) is 0 Å². The molecule has 2 heterocycles. The normalized spacial score (nSPS) is 10.6. The SMILES string of the molecule is CCCc1c(N)nc(-c2ccc(Br)cn2)[nH]c1=O. The zero-order chi connectivity index (χ0) is 13.1. The topological polar surface area (TPSA) is 84.7 Å². The van der Waals surface area contributed by atoms with Gasteiger partial charge in [0.05, 0.1) is 5.56 Å². The van der Waals surface area contributed by atoms with Crippen molar-refractivity contribution >= 4 is 21.7 Å². The van der Waals surface area contributed by atoms with E-state index < -0.39 is 0 Å². The molecule has 0 aromatic carbocycles. The van der Waals surface area contributed by atoms with Gasteiger partial charge in [-0.1, -0.05) is 13.3 Å². The van der Waals surface area contributed by atoms with Crippen molar-refractivity contribution in [3.8, 4) is 11.5 Å². The third-order valence-corrected chi connectivity index (χ3v) is 2.99. The minimum atomic E-state index is -0.191. The first kappa shape index (κ1) is 12.8. The third kappa shape index (κ3) is 2.59. The van der Waals surface area contributed by atoms with E-state index in [9.17, 15) is 4.79 Å². The molecule has 0 aliphatic carbocycles. The largest absolute Gasteiger partial charge is 0.383 e. The number of pyridine rings is 1. The number of aromatic nitrogens is 3. The van der Waals surface area contributed by atoms with Crippen LogP contribution in [0.3, 0.4) is 0 Å². The lowest BCUT2D eigenvalue weighted by molar-refractivity contribution is 0.891. The van der Waals surface area contributed by atoms with Gasteiger partial charge in [0.1, 0.15) is 11.5 Å². The molecule has 0 radical (unpaired) electrons. The molecule has 0 amide bonds. The molecule has 2 rings (SSSR count). The quantitative estimate of drug-likeness (QED) is 0.909. The van der Waals surface area contributed by atoms with Crippen molar-refractivity contribution in [1.82, 2.24) is 15.0 Å². The smallest absolute Gasteiger partial charge is 0.256 e. The Kier molecular flexibility index (Phi) is 3.76. The maximum absolute atomic E-state index is 11.9. The number of hydrogen-bond donors (Lipinski definition) is 2. The average molecular weight is 309 g/mol. The minimum Gasteiger partial charge on any atom is -0.383 e. The molecular weight excluding hydrogens is 296 g/mol. The number of nitrogens with two attached hydrogens (primary N) is 1. The number of nitrogens with one attached hydrogen (secondary N) is 1. The Morgan fingerprint density at radius 3 is 2.78 bits per heavy atom. The van der Waals surface area contributed by atoms with E-state index >= 15 is 0 Å². The molecule has 2 aromatic heterocycles. The van der Waals surface area contributed by atoms with Gasteiger partial charge in [0.15, 0.2) is 5.82 Å². The number of nitrogen functional groups attached to an aromatic ring is 1. The first-order chi connectivity index (χ1) is 8.61. The highest BCUT2D eigenvalue weighted by Gasteiger charge is 2.10. The summed E-state index contributed by atoms with van der Waals surface area (Å²) in [4.78, 5) is 23.0. The highest BCUT2D eigenvalue weighted by molar-refractivity contribution is 9.10. The molecule has 2 aromatic rings. The van der Waals surface area contributed by atoms with Crippen LogP contribution >= 0.6 is 15.9 Å². The van der Waals surface area contributed by atoms with E-state index in [1.165, 1.54) is 0 Å². The van der Waals surface area contributed by atoms with Crippen molar-refractivity contribution in [2.45, 2.75) is 19.8 Å². The number of nitrogens with zero attached hydrogens (tertiary/aromatic N) is 2. The summed E-state index contributed by atoms with van der Waals surface area (Å²) in [6, 6.07) is 3.60. The van der Waals surface area contributed by atoms with E-state index in [1.54, 1.807) is 12.3 Å². The third-order valence-electron chi connectivity index (χ3n) is 2.52. The Hall–Kier alpha value is -1.69. The first-order valence-corrected chi connectivity index (χ1v) is 6.41. The summed E-state index contributed by atoms with van der Waals surface area (Å²) in [7, 11) is 0. The van der Waals surface area contributed by atoms with Gasteiger partial charge < -0.3 is 10.7 Å². The van der Waals surface area contributed by atoms with Crippen LogP contribution in [0.15, 0.2) is 27.6 Å². The average Bonchev–Trinajstić information content (AvgIpc) is 2.34. The molecule has 0 saturated heterocycles. The van der Waals surface area contributed by atoms with Crippen LogP contribution in [0, 0.1) is 0 Å². The maximum atomic E-state index is 11.9. The first-order valence-electron chi connectivity index (χ1n) is 5.62. The van der Waals surface area contributed by atoms with Gasteiger partial charge in [-0.3, -0.25) is 9.78 Å². The predicted octanol–water partition coefficient (Wildman–Crippen LogP) is 2.13. The van der Waals surface area contributed by atoms with Crippen molar-refractivity contribution in [2.24, 2.45) is 0 Å². The van der Waals surface area contributed by atoms with Gasteiger partial charge in [-0.15, -0.1) is 0 Å². The summed E-state index contributed by atoms with van der Waals surface area (Å²) >= 11 is 3.30. The van der Waals surface area contributed by atoms with Gasteiger partial charge in [-0.05, 0) is 34.5 Å². The van der Waals surface area contributed by atoms with E-state index in [-0.39, 0.29) is 11.4 Å². The summed E-state index contributed by atoms with van der Waals surface area (Å²) < 4.78 is 0.865. The van der Waals surface area contributed by atoms with Gasteiger partial charge in [0, 0.05) is 10.7 Å². The van der Waals surface area contributed by atoms with E-state index in [0.717, 1.165) is 10.9 Å². The minimum absolute atomic E-state index is 0.191. The molecule has 0 fully saturated rings. The number of aromatic amines is 1. The van der Waals surface area contributed by atoms with E-state index in [1.807, 2.05) is 13.0 Å². The lowest BCUT2D eigenvalue weighted by Gasteiger charge is -2.05. The van der Waals surface area contributed by atoms with Crippen LogP contribution in [-0.2, 0) is 6.42 Å². The van der Waals surface area contributed by atoms with Gasteiger partial charge >= 0.3 is 0 Å². The summed E-state index contributed by atoms with van der Waals surface area (Å²) in [5.74, 6) is 0.671. The van der Waals surface area contributed by atoms with Crippen molar-refractivity contribution in [1.29, 1.82) is 0 Å². The molecule has 3 N–H and O–H groups in total. The Morgan fingerprint density at radius 1 is 1.44 bits per heavy atom. The Morgan fingerprint density at radius 2 is 2.22 bits per heavy atom. The second-order valence-electron chi connectivity index (χ2n) is 3.89. The fourth-order valence-electron chi connectivity index (χ4n) is 1.64. The molecule has 0 unspecified atom stereocenters. The number of anilines is 1. The van der Waals surface area contributed by atoms with E-state index in [4.69, 9.17) is 5.73 Å². The standard InChI is InChI=1S/C12H13BrN4O/c1-2-3-8-10(14)16-11(17-12(8)18)9-5-4-7(13)6-15-9/h4-6H,2-3H2,1H3,(H3,14,16,17,18). The molecule has 0 bridgehead atoms. The Bertz CT molecular complexity index is 606. The van der Waals surface area contributed by atoms with E-state index in [0.29, 0.717) is 23.5 Å². The van der Waals surface area contributed by atoms with Gasteiger partial charge in [0.25, 0.3) is 5.56 Å². The van der Waals surface area contributed by atoms with Crippen LogP contribution in [0.4, 0.5) is 5.82 Å². The fourth-order valence-corrected chi connectivity index (χ4v) is 1.88. The number of halogens is 1. The van der Waals surface area contributed by atoms with Crippen LogP contribution in [0.1, 0.15) is 18.9 Å². The van der Waals surface area contributed by atoms with Crippen molar-refractivity contribution < 1.29 is 0 Å². The fraction of sp³-hybridized carbons (Fsp3) is 0.250. The molecule has 94 valence electrons. The lowest BCUT2D eigenvalue weighted by atomic mass is 10.2. The molecular formula is C12H13BrN4O. The van der Waals surface area contributed by atoms with Gasteiger partial charge in [-0.25, -0.2) is 4.98 Å². The van der Waals surface area contributed by atoms with Crippen LogP contribution in [0.5, 0.6) is 0 Å². The molecule has 6 heteroatoms. The number of rotatable bonds is 3. The highest BCUT2D eigenvalue weighted by Crippen LogP contribution is 2.16. The monoisotopic (exact) mass is 308 g/mol. The number of hydrogen-bond acceptors (Lipinski definition) is 4. The molecule has 18 heavy (non-hydrogen) atoms. The highest BCUT2D eigenvalue weighted by atomic mass is 79.9. The summed E-state index contributed by atoms with van der Waals surface area (Å²) in [5.41, 5.74) is 6.74. The summed E-state index contributed by atoms with van der Waals surface area (Å²) in [5, 5.41) is 0. The van der Waals surface area contributed by atoms with Crippen LogP contribution < -0.4 is 11.3 Å². The zero-order valence-electron chi connectivity index (χ0n) is 9.90. The molecule has 5 nitrogen and oxygen atoms in total. The van der Waals surface area contributed by atoms with Gasteiger partial charge in [0.2, 0.25) is 0 Å². The Balaban J connectivity index is 2.48. The molecule has 0 saturated carbocycles. The zero-order valence-corrected chi connectivity index (χ0v) is 11.5. The van der Waals surface area contributed by atoms with Crippen molar-refractivity contribution in [2.75, 3.05) is 5.73 Å². The van der Waals surface area contributed by atoms with Crippen LogP contribution in [0.25, 0.3) is 11.5 Å². The second kappa shape index (κ2) is 5.30.